The molecular weight excluding hydrogens is 196 g/mol. The zero-order valence-corrected chi connectivity index (χ0v) is 9.34. The highest BCUT2D eigenvalue weighted by atomic mass is 15.3. The summed E-state index contributed by atoms with van der Waals surface area (Å²) in [6.45, 7) is 1.02. The third-order valence-corrected chi connectivity index (χ3v) is 3.46. The second-order valence-corrected chi connectivity index (χ2v) is 4.52. The number of nitrogens with zero attached hydrogens (tertiary/aromatic N) is 2. The van der Waals surface area contributed by atoms with E-state index < -0.39 is 0 Å². The Kier molecular flexibility index (Phi) is 2.49. The minimum atomic E-state index is 0.643. The van der Waals surface area contributed by atoms with Gasteiger partial charge in [-0.05, 0) is 36.5 Å². The maximum Gasteiger partial charge on any atom is 0.0489 e. The van der Waals surface area contributed by atoms with Crippen molar-refractivity contribution in [2.45, 2.75) is 31.7 Å². The Hall–Kier alpha value is -1.57. The summed E-state index contributed by atoms with van der Waals surface area (Å²) in [4.78, 5) is 0. The van der Waals surface area contributed by atoms with E-state index in [0.29, 0.717) is 5.92 Å². The Morgan fingerprint density at radius 3 is 3.06 bits per heavy atom. The lowest BCUT2D eigenvalue weighted by molar-refractivity contribution is 0.457. The topological polar surface area (TPSA) is 17.8 Å². The molecule has 0 saturated heterocycles. The first-order chi connectivity index (χ1) is 7.93. The molecule has 1 aliphatic rings. The van der Waals surface area contributed by atoms with E-state index in [1.54, 1.807) is 0 Å². The molecule has 2 aromatic rings. The predicted octanol–water partition coefficient (Wildman–Crippen LogP) is 3.00. The van der Waals surface area contributed by atoms with E-state index in [9.17, 15) is 0 Å². The molecule has 0 saturated carbocycles. The van der Waals surface area contributed by atoms with Crippen LogP contribution in [0, 0.1) is 0 Å². The van der Waals surface area contributed by atoms with Gasteiger partial charge in [0.15, 0.2) is 0 Å². The summed E-state index contributed by atoms with van der Waals surface area (Å²) in [5, 5.41) is 4.30. The monoisotopic (exact) mass is 212 g/mol. The highest BCUT2D eigenvalue weighted by molar-refractivity contribution is 5.32. The number of fused-ring (bicyclic) bond motifs is 1. The molecule has 0 bridgehead atoms. The molecule has 1 aromatic heterocycles. The molecule has 0 radical (unpaired) electrons. The molecule has 16 heavy (non-hydrogen) atoms. The molecule has 1 unspecified atom stereocenters. The summed E-state index contributed by atoms with van der Waals surface area (Å²) in [6, 6.07) is 10.8. The van der Waals surface area contributed by atoms with E-state index in [2.05, 4.69) is 35.6 Å². The van der Waals surface area contributed by atoms with Gasteiger partial charge < -0.3 is 0 Å². The molecule has 2 nitrogen and oxygen atoms in total. The second-order valence-electron chi connectivity index (χ2n) is 4.52. The molecule has 1 atom stereocenters. The van der Waals surface area contributed by atoms with Crippen LogP contribution in [0.4, 0.5) is 0 Å². The number of hydrogen-bond donors (Lipinski definition) is 0. The average Bonchev–Trinajstić information content (AvgIpc) is 2.82. The fourth-order valence-corrected chi connectivity index (χ4v) is 2.68. The fourth-order valence-electron chi connectivity index (χ4n) is 2.68. The van der Waals surface area contributed by atoms with Crippen LogP contribution in [0.1, 0.15) is 29.9 Å². The fraction of sp³-hybridized carbons (Fsp3) is 0.357. The summed E-state index contributed by atoms with van der Waals surface area (Å²) in [5.74, 6) is 0.643. The molecule has 82 valence electrons. The van der Waals surface area contributed by atoms with Crippen LogP contribution in [-0.2, 0) is 13.0 Å². The van der Waals surface area contributed by atoms with E-state index >= 15 is 0 Å². The van der Waals surface area contributed by atoms with Crippen LogP contribution in [0.15, 0.2) is 42.7 Å². The van der Waals surface area contributed by atoms with Gasteiger partial charge >= 0.3 is 0 Å². The average molecular weight is 212 g/mol. The van der Waals surface area contributed by atoms with Gasteiger partial charge in [0, 0.05) is 24.9 Å². The predicted molar refractivity (Wildman–Crippen MR) is 64.3 cm³/mol. The summed E-state index contributed by atoms with van der Waals surface area (Å²) >= 11 is 0. The van der Waals surface area contributed by atoms with Crippen molar-refractivity contribution >= 4 is 0 Å². The molecule has 3 rings (SSSR count). The quantitative estimate of drug-likeness (QED) is 0.748. The molecule has 2 heteroatoms. The summed E-state index contributed by atoms with van der Waals surface area (Å²) < 4.78 is 2.05. The number of rotatable bonds is 2. The first kappa shape index (κ1) is 9.64. The van der Waals surface area contributed by atoms with Gasteiger partial charge in [-0.3, -0.25) is 4.68 Å². The van der Waals surface area contributed by atoms with Crippen LogP contribution in [0.25, 0.3) is 0 Å². The summed E-state index contributed by atoms with van der Waals surface area (Å²) in [7, 11) is 0. The highest BCUT2D eigenvalue weighted by Gasteiger charge is 2.19. The van der Waals surface area contributed by atoms with Crippen LogP contribution in [-0.4, -0.2) is 9.78 Å². The first-order valence-corrected chi connectivity index (χ1v) is 5.99. The zero-order valence-electron chi connectivity index (χ0n) is 9.34. The number of aromatic nitrogens is 2. The van der Waals surface area contributed by atoms with Crippen molar-refractivity contribution in [3.05, 3.63) is 53.9 Å². The van der Waals surface area contributed by atoms with Crippen LogP contribution in [0.5, 0.6) is 0 Å². The molecule has 0 N–H and O–H groups in total. The second kappa shape index (κ2) is 4.12. The SMILES string of the molecule is c1ccc2c(c1)CCCC2Cn1cccn1. The van der Waals surface area contributed by atoms with Crippen LogP contribution in [0.2, 0.25) is 0 Å². The zero-order chi connectivity index (χ0) is 10.8. The van der Waals surface area contributed by atoms with Crippen molar-refractivity contribution < 1.29 is 0 Å². The number of hydrogen-bond acceptors (Lipinski definition) is 1. The molecule has 0 aliphatic heterocycles. The van der Waals surface area contributed by atoms with Crippen molar-refractivity contribution in [3.8, 4) is 0 Å². The molecule has 0 amide bonds. The van der Waals surface area contributed by atoms with E-state index in [1.807, 2.05) is 16.9 Å². The van der Waals surface area contributed by atoms with Gasteiger partial charge in [0.2, 0.25) is 0 Å². The van der Waals surface area contributed by atoms with Gasteiger partial charge in [0.25, 0.3) is 0 Å². The molecule has 1 heterocycles. The van der Waals surface area contributed by atoms with Gasteiger partial charge in [-0.2, -0.15) is 5.10 Å². The lowest BCUT2D eigenvalue weighted by Gasteiger charge is -2.25. The summed E-state index contributed by atoms with van der Waals surface area (Å²) in [5.41, 5.74) is 3.06. The van der Waals surface area contributed by atoms with Gasteiger partial charge in [-0.15, -0.1) is 0 Å². The van der Waals surface area contributed by atoms with Gasteiger partial charge in [0.05, 0.1) is 0 Å². The van der Waals surface area contributed by atoms with Crippen molar-refractivity contribution in [2.75, 3.05) is 0 Å². The van der Waals surface area contributed by atoms with Crippen molar-refractivity contribution in [2.24, 2.45) is 0 Å². The first-order valence-electron chi connectivity index (χ1n) is 5.99. The van der Waals surface area contributed by atoms with Crippen molar-refractivity contribution in [1.29, 1.82) is 0 Å². The van der Waals surface area contributed by atoms with Crippen molar-refractivity contribution in [3.63, 3.8) is 0 Å². The third-order valence-electron chi connectivity index (χ3n) is 3.46. The maximum absolute atomic E-state index is 4.30. The maximum atomic E-state index is 4.30. The number of aryl methyl sites for hydroxylation is 1. The molecule has 0 fully saturated rings. The van der Waals surface area contributed by atoms with Gasteiger partial charge in [-0.1, -0.05) is 24.3 Å². The molecular formula is C14H16N2. The normalized spacial score (nSPS) is 19.4. The minimum absolute atomic E-state index is 0.643. The standard InChI is InChI=1S/C14H16N2/c1-2-8-14-12(5-1)6-3-7-13(14)11-16-10-4-9-15-16/h1-2,4-5,8-10,13H,3,6-7,11H2. The Morgan fingerprint density at radius 1 is 1.25 bits per heavy atom. The Bertz CT molecular complexity index is 459. The lowest BCUT2D eigenvalue weighted by atomic mass is 9.83. The molecule has 0 spiro atoms. The van der Waals surface area contributed by atoms with E-state index in [0.717, 1.165) is 6.54 Å². The Labute approximate surface area is 95.9 Å². The Balaban J connectivity index is 1.87. The lowest BCUT2D eigenvalue weighted by Crippen LogP contribution is -2.15. The smallest absolute Gasteiger partial charge is 0.0489 e. The minimum Gasteiger partial charge on any atom is -0.272 e. The van der Waals surface area contributed by atoms with Gasteiger partial charge in [-0.25, -0.2) is 0 Å². The highest BCUT2D eigenvalue weighted by Crippen LogP contribution is 2.32. The van der Waals surface area contributed by atoms with Crippen LogP contribution < -0.4 is 0 Å². The van der Waals surface area contributed by atoms with E-state index in [1.165, 1.54) is 30.4 Å². The van der Waals surface area contributed by atoms with Crippen LogP contribution in [0.3, 0.4) is 0 Å². The van der Waals surface area contributed by atoms with E-state index in [-0.39, 0.29) is 0 Å². The van der Waals surface area contributed by atoms with Crippen molar-refractivity contribution in [1.82, 2.24) is 9.78 Å². The van der Waals surface area contributed by atoms with Crippen LogP contribution >= 0.6 is 0 Å². The van der Waals surface area contributed by atoms with E-state index in [4.69, 9.17) is 0 Å². The summed E-state index contributed by atoms with van der Waals surface area (Å²) in [6.07, 6.45) is 7.75. The largest absolute Gasteiger partial charge is 0.272 e. The molecule has 1 aliphatic carbocycles. The molecule has 1 aromatic carbocycles. The third kappa shape index (κ3) is 1.75. The number of benzene rings is 1. The van der Waals surface area contributed by atoms with Gasteiger partial charge in [0.1, 0.15) is 0 Å². The Morgan fingerprint density at radius 2 is 2.19 bits per heavy atom.